The predicted molar refractivity (Wildman–Crippen MR) is 130 cm³/mol. The standard InChI is InChI=1S/C26H22FN5O3/c27-19-8-5-17(6-9-19)25-31-22-10-7-18(15-23(22)35-25)26(34)32-13-11-28-16-30-21-4-2-1-3-20(21)24(33)29-12-14-32/h1-10,15-16H,11-14H2,(H,28,30)(H,29,33). The highest BCUT2D eigenvalue weighted by molar-refractivity contribution is 6.00. The molecule has 0 spiro atoms. The van der Waals surface area contributed by atoms with Gasteiger partial charge in [0.25, 0.3) is 11.8 Å². The zero-order chi connectivity index (χ0) is 24.2. The second kappa shape index (κ2) is 9.76. The largest absolute Gasteiger partial charge is 0.436 e. The Morgan fingerprint density at radius 1 is 1.00 bits per heavy atom. The maximum absolute atomic E-state index is 13.3. The van der Waals surface area contributed by atoms with Crippen LogP contribution < -0.4 is 10.6 Å². The number of hydrogen-bond donors (Lipinski definition) is 2. The summed E-state index contributed by atoms with van der Waals surface area (Å²) in [5.74, 6) is -0.438. The van der Waals surface area contributed by atoms with E-state index in [2.05, 4.69) is 20.6 Å². The first-order valence-electron chi connectivity index (χ1n) is 11.2. The number of nitrogens with one attached hydrogen (secondary N) is 2. The van der Waals surface area contributed by atoms with Crippen molar-refractivity contribution in [3.05, 3.63) is 83.7 Å². The lowest BCUT2D eigenvalue weighted by molar-refractivity contribution is 0.0751. The monoisotopic (exact) mass is 471 g/mol. The van der Waals surface area contributed by atoms with Crippen LogP contribution in [-0.2, 0) is 0 Å². The van der Waals surface area contributed by atoms with Crippen molar-refractivity contribution >= 4 is 34.9 Å². The molecule has 3 aromatic carbocycles. The molecule has 0 unspecified atom stereocenters. The summed E-state index contributed by atoms with van der Waals surface area (Å²) in [5.41, 5.74) is 3.18. The van der Waals surface area contributed by atoms with Crippen molar-refractivity contribution < 1.29 is 18.4 Å². The fourth-order valence-corrected chi connectivity index (χ4v) is 3.83. The fourth-order valence-electron chi connectivity index (χ4n) is 3.83. The third kappa shape index (κ3) is 4.89. The number of carbonyl (C=O) groups excluding carboxylic acids is 2. The summed E-state index contributed by atoms with van der Waals surface area (Å²) in [5, 5.41) is 5.94. The van der Waals surface area contributed by atoms with E-state index < -0.39 is 0 Å². The van der Waals surface area contributed by atoms with E-state index in [-0.39, 0.29) is 17.6 Å². The zero-order valence-corrected chi connectivity index (χ0v) is 18.7. The van der Waals surface area contributed by atoms with Gasteiger partial charge in [-0.25, -0.2) is 14.4 Å². The Morgan fingerprint density at radius 3 is 2.66 bits per heavy atom. The first-order valence-corrected chi connectivity index (χ1v) is 11.2. The topological polar surface area (TPSA) is 99.8 Å². The van der Waals surface area contributed by atoms with Gasteiger partial charge in [-0.1, -0.05) is 12.1 Å². The quantitative estimate of drug-likeness (QED) is 0.464. The Kier molecular flexibility index (Phi) is 6.21. The van der Waals surface area contributed by atoms with E-state index in [1.165, 1.54) is 18.5 Å². The van der Waals surface area contributed by atoms with Gasteiger partial charge < -0.3 is 20.0 Å². The summed E-state index contributed by atoms with van der Waals surface area (Å²) in [6.07, 6.45) is 1.54. The number of hydrogen-bond acceptors (Lipinski definition) is 6. The van der Waals surface area contributed by atoms with E-state index >= 15 is 0 Å². The molecule has 9 heteroatoms. The van der Waals surface area contributed by atoms with Crippen LogP contribution in [0.1, 0.15) is 20.7 Å². The number of fused-ring (bicyclic) bond motifs is 2. The Bertz CT molecular complexity index is 1410. The number of amides is 2. The summed E-state index contributed by atoms with van der Waals surface area (Å²) < 4.78 is 19.1. The molecule has 2 amide bonds. The van der Waals surface area contributed by atoms with Gasteiger partial charge in [-0.15, -0.1) is 0 Å². The van der Waals surface area contributed by atoms with E-state index in [4.69, 9.17) is 4.42 Å². The van der Waals surface area contributed by atoms with Crippen LogP contribution in [-0.4, -0.2) is 54.2 Å². The summed E-state index contributed by atoms with van der Waals surface area (Å²) >= 11 is 0. The third-order valence-electron chi connectivity index (χ3n) is 5.65. The molecule has 1 aliphatic heterocycles. The highest BCUT2D eigenvalue weighted by atomic mass is 19.1. The fraction of sp³-hybridized carbons (Fsp3) is 0.154. The van der Waals surface area contributed by atoms with Crippen molar-refractivity contribution in [1.29, 1.82) is 0 Å². The maximum atomic E-state index is 13.3. The minimum atomic E-state index is -0.343. The van der Waals surface area contributed by atoms with E-state index in [9.17, 15) is 14.0 Å². The Balaban J connectivity index is 1.34. The van der Waals surface area contributed by atoms with Crippen LogP contribution in [0.15, 0.2) is 76.1 Å². The number of halogens is 1. The van der Waals surface area contributed by atoms with Crippen molar-refractivity contribution in [2.45, 2.75) is 0 Å². The SMILES string of the molecule is O=C1NCCN(C(=O)c2ccc3nc(-c4ccc(F)cc4)oc3c2)CCN/C=N/c2ccccc21. The van der Waals surface area contributed by atoms with Gasteiger partial charge in [0.05, 0.1) is 17.6 Å². The van der Waals surface area contributed by atoms with Crippen molar-refractivity contribution in [2.24, 2.45) is 4.99 Å². The third-order valence-corrected chi connectivity index (χ3v) is 5.65. The average Bonchev–Trinajstić information content (AvgIpc) is 3.30. The van der Waals surface area contributed by atoms with E-state index in [1.807, 2.05) is 6.07 Å². The number of para-hydroxylation sites is 1. The number of benzene rings is 3. The van der Waals surface area contributed by atoms with Crippen LogP contribution >= 0.6 is 0 Å². The van der Waals surface area contributed by atoms with E-state index in [0.717, 1.165) is 0 Å². The van der Waals surface area contributed by atoms with Crippen molar-refractivity contribution in [3.8, 4) is 11.5 Å². The van der Waals surface area contributed by atoms with Gasteiger partial charge in [-0.2, -0.15) is 0 Å². The molecule has 0 bridgehead atoms. The summed E-state index contributed by atoms with van der Waals surface area (Å²) in [6.45, 7) is 1.53. The van der Waals surface area contributed by atoms with Gasteiger partial charge in [0.2, 0.25) is 5.89 Å². The Labute approximate surface area is 200 Å². The lowest BCUT2D eigenvalue weighted by Gasteiger charge is -2.23. The van der Waals surface area contributed by atoms with Crippen LogP contribution in [0.4, 0.5) is 10.1 Å². The minimum Gasteiger partial charge on any atom is -0.436 e. The molecule has 0 atom stereocenters. The second-order valence-electron chi connectivity index (χ2n) is 7.99. The van der Waals surface area contributed by atoms with Crippen molar-refractivity contribution in [1.82, 2.24) is 20.5 Å². The smallest absolute Gasteiger partial charge is 0.254 e. The Morgan fingerprint density at radius 2 is 1.80 bits per heavy atom. The van der Waals surface area contributed by atoms with Crippen LogP contribution in [0.25, 0.3) is 22.6 Å². The predicted octanol–water partition coefficient (Wildman–Crippen LogP) is 3.77. The molecule has 1 aliphatic rings. The molecule has 5 rings (SSSR count). The molecule has 1 aromatic heterocycles. The molecule has 2 heterocycles. The van der Waals surface area contributed by atoms with Gasteiger partial charge in [-0.05, 0) is 54.6 Å². The van der Waals surface area contributed by atoms with Crippen LogP contribution in [0.3, 0.4) is 0 Å². The molecular weight excluding hydrogens is 449 g/mol. The zero-order valence-electron chi connectivity index (χ0n) is 18.7. The molecule has 4 aromatic rings. The number of aromatic nitrogens is 1. The molecule has 35 heavy (non-hydrogen) atoms. The molecule has 0 fully saturated rings. The van der Waals surface area contributed by atoms with Gasteiger partial charge in [0.15, 0.2) is 5.58 Å². The number of rotatable bonds is 2. The Hall–Kier alpha value is -4.53. The first-order chi connectivity index (χ1) is 17.1. The van der Waals surface area contributed by atoms with Gasteiger partial charge >= 0.3 is 0 Å². The summed E-state index contributed by atoms with van der Waals surface area (Å²) in [6, 6.07) is 18.0. The van der Waals surface area contributed by atoms with E-state index in [1.54, 1.807) is 53.4 Å². The van der Waals surface area contributed by atoms with Crippen LogP contribution in [0.2, 0.25) is 0 Å². The summed E-state index contributed by atoms with van der Waals surface area (Å²) in [7, 11) is 0. The highest BCUT2D eigenvalue weighted by Crippen LogP contribution is 2.25. The molecule has 0 radical (unpaired) electrons. The molecule has 8 nitrogen and oxygen atoms in total. The number of oxazole rings is 1. The summed E-state index contributed by atoms with van der Waals surface area (Å²) in [4.78, 5) is 36.3. The number of nitrogens with zero attached hydrogens (tertiary/aromatic N) is 3. The van der Waals surface area contributed by atoms with E-state index in [0.29, 0.717) is 65.5 Å². The van der Waals surface area contributed by atoms with Crippen molar-refractivity contribution in [2.75, 3.05) is 26.2 Å². The molecule has 0 aliphatic carbocycles. The maximum Gasteiger partial charge on any atom is 0.254 e. The normalized spacial score (nSPS) is 15.3. The molecule has 176 valence electrons. The van der Waals surface area contributed by atoms with Crippen LogP contribution in [0, 0.1) is 5.82 Å². The first kappa shape index (κ1) is 22.3. The van der Waals surface area contributed by atoms with Crippen LogP contribution in [0.5, 0.6) is 0 Å². The minimum absolute atomic E-state index is 0.197. The molecular formula is C26H22FN5O3. The lowest BCUT2D eigenvalue weighted by atomic mass is 10.1. The number of aliphatic imine (C=N–C) groups is 1. The van der Waals surface area contributed by atoms with Gasteiger partial charge in [0.1, 0.15) is 11.3 Å². The highest BCUT2D eigenvalue weighted by Gasteiger charge is 2.19. The average molecular weight is 471 g/mol. The number of carbonyl (C=O) groups is 2. The lowest BCUT2D eigenvalue weighted by Crippen LogP contribution is -2.42. The molecule has 0 saturated carbocycles. The van der Waals surface area contributed by atoms with Crippen molar-refractivity contribution in [3.63, 3.8) is 0 Å². The molecule has 2 N–H and O–H groups in total. The van der Waals surface area contributed by atoms with Gasteiger partial charge in [0, 0.05) is 37.3 Å². The molecule has 0 saturated heterocycles. The second-order valence-corrected chi connectivity index (χ2v) is 7.99. The van der Waals surface area contributed by atoms with Gasteiger partial charge in [-0.3, -0.25) is 9.59 Å².